The van der Waals surface area contributed by atoms with Crippen LogP contribution in [0.4, 0.5) is 0 Å². The van der Waals surface area contributed by atoms with Crippen LogP contribution in [0.2, 0.25) is 0 Å². The highest BCUT2D eigenvalue weighted by Crippen LogP contribution is 2.29. The van der Waals surface area contributed by atoms with Crippen molar-refractivity contribution < 1.29 is 14.3 Å². The second kappa shape index (κ2) is 7.51. The maximum atomic E-state index is 13.2. The molecule has 2 aromatic carbocycles. The first-order valence-electron chi connectivity index (χ1n) is 8.72. The maximum Gasteiger partial charge on any atom is 0.302 e. The summed E-state index contributed by atoms with van der Waals surface area (Å²) in [6.45, 7) is 3.93. The van der Waals surface area contributed by atoms with Gasteiger partial charge < -0.3 is 9.64 Å². The van der Waals surface area contributed by atoms with Crippen molar-refractivity contribution in [3.63, 3.8) is 0 Å². The Morgan fingerprint density at radius 3 is 2.44 bits per heavy atom. The molecular formula is C21H23NO3. The number of amides is 1. The Morgan fingerprint density at radius 1 is 1.08 bits per heavy atom. The number of carbonyl (C=O) groups is 2. The van der Waals surface area contributed by atoms with Crippen LogP contribution < -0.4 is 0 Å². The molecule has 1 unspecified atom stereocenters. The smallest absolute Gasteiger partial charge is 0.302 e. The van der Waals surface area contributed by atoms with E-state index in [1.807, 2.05) is 59.5 Å². The summed E-state index contributed by atoms with van der Waals surface area (Å²) in [6, 6.07) is 17.7. The van der Waals surface area contributed by atoms with Crippen LogP contribution in [-0.4, -0.2) is 35.5 Å². The van der Waals surface area contributed by atoms with Crippen LogP contribution in [0.5, 0.6) is 0 Å². The number of ether oxygens (including phenoxy) is 1. The molecule has 2 aromatic rings. The van der Waals surface area contributed by atoms with E-state index in [-0.39, 0.29) is 24.0 Å². The lowest BCUT2D eigenvalue weighted by Gasteiger charge is -2.24. The van der Waals surface area contributed by atoms with Crippen molar-refractivity contribution in [2.24, 2.45) is 0 Å². The molecule has 130 valence electrons. The van der Waals surface area contributed by atoms with E-state index in [1.165, 1.54) is 6.92 Å². The van der Waals surface area contributed by atoms with E-state index in [0.29, 0.717) is 18.5 Å². The zero-order valence-corrected chi connectivity index (χ0v) is 14.6. The highest BCUT2D eigenvalue weighted by molar-refractivity contribution is 6.01. The van der Waals surface area contributed by atoms with Crippen molar-refractivity contribution in [2.45, 2.75) is 38.8 Å². The van der Waals surface area contributed by atoms with Crippen LogP contribution in [0.1, 0.15) is 37.0 Å². The Balaban J connectivity index is 1.89. The molecule has 0 aromatic heterocycles. The van der Waals surface area contributed by atoms with Gasteiger partial charge in [0.05, 0.1) is 6.54 Å². The third kappa shape index (κ3) is 3.73. The molecule has 0 bridgehead atoms. The van der Waals surface area contributed by atoms with Crippen molar-refractivity contribution in [2.75, 3.05) is 6.54 Å². The van der Waals surface area contributed by atoms with Gasteiger partial charge in [0.1, 0.15) is 6.10 Å². The molecule has 1 fully saturated rings. The lowest BCUT2D eigenvalue weighted by Crippen LogP contribution is -2.36. The Bertz CT molecular complexity index is 757. The largest absolute Gasteiger partial charge is 0.461 e. The lowest BCUT2D eigenvalue weighted by molar-refractivity contribution is -0.145. The Hall–Kier alpha value is -2.62. The zero-order valence-electron chi connectivity index (χ0n) is 14.6. The van der Waals surface area contributed by atoms with Gasteiger partial charge in [0.15, 0.2) is 0 Å². The van der Waals surface area contributed by atoms with Crippen LogP contribution in [0.25, 0.3) is 11.1 Å². The van der Waals surface area contributed by atoms with E-state index in [1.54, 1.807) is 0 Å². The minimum absolute atomic E-state index is 0.000884. The lowest BCUT2D eigenvalue weighted by atomic mass is 9.98. The van der Waals surface area contributed by atoms with Crippen molar-refractivity contribution in [3.8, 4) is 11.1 Å². The molecule has 4 heteroatoms. The van der Waals surface area contributed by atoms with Gasteiger partial charge in [0.25, 0.3) is 5.91 Å². The van der Waals surface area contributed by atoms with E-state index in [0.717, 1.165) is 17.5 Å². The van der Waals surface area contributed by atoms with Crippen LogP contribution in [-0.2, 0) is 9.53 Å². The number of hydrogen-bond acceptors (Lipinski definition) is 3. The number of likely N-dealkylation sites (tertiary alicyclic amines) is 1. The van der Waals surface area contributed by atoms with Gasteiger partial charge in [-0.15, -0.1) is 0 Å². The molecule has 1 aliphatic heterocycles. The SMILES string of the molecule is CC[C@@H]1CC(OC(C)=O)CN1C(=O)c1ccccc1-c1ccccc1. The summed E-state index contributed by atoms with van der Waals surface area (Å²) in [6.07, 6.45) is 1.34. The minimum Gasteiger partial charge on any atom is -0.461 e. The Kier molecular flexibility index (Phi) is 5.17. The fraction of sp³-hybridized carbons (Fsp3) is 0.333. The molecule has 1 saturated heterocycles. The van der Waals surface area contributed by atoms with Gasteiger partial charge in [-0.3, -0.25) is 9.59 Å². The third-order valence-corrected chi connectivity index (χ3v) is 4.68. The summed E-state index contributed by atoms with van der Waals surface area (Å²) < 4.78 is 5.34. The molecule has 1 amide bonds. The highest BCUT2D eigenvalue weighted by Gasteiger charge is 2.36. The van der Waals surface area contributed by atoms with E-state index in [9.17, 15) is 9.59 Å². The fourth-order valence-corrected chi connectivity index (χ4v) is 3.52. The summed E-state index contributed by atoms with van der Waals surface area (Å²) in [5.74, 6) is -0.292. The van der Waals surface area contributed by atoms with Gasteiger partial charge in [-0.05, 0) is 23.6 Å². The van der Waals surface area contributed by atoms with Crippen LogP contribution in [0.15, 0.2) is 54.6 Å². The Labute approximate surface area is 148 Å². The monoisotopic (exact) mass is 337 g/mol. The highest BCUT2D eigenvalue weighted by atomic mass is 16.5. The van der Waals surface area contributed by atoms with Crippen LogP contribution in [0.3, 0.4) is 0 Å². The standard InChI is InChI=1S/C21H23NO3/c1-3-17-13-18(25-15(2)23)14-22(17)21(24)20-12-8-7-11-19(20)16-9-5-4-6-10-16/h4-12,17-18H,3,13-14H2,1-2H3/t17-,18?/m1/s1. The minimum atomic E-state index is -0.293. The average molecular weight is 337 g/mol. The number of nitrogens with zero attached hydrogens (tertiary/aromatic N) is 1. The molecular weight excluding hydrogens is 314 g/mol. The summed E-state index contributed by atoms with van der Waals surface area (Å²) in [4.78, 5) is 26.3. The van der Waals surface area contributed by atoms with E-state index in [2.05, 4.69) is 6.92 Å². The number of carbonyl (C=O) groups excluding carboxylic acids is 2. The van der Waals surface area contributed by atoms with Gasteiger partial charge in [-0.1, -0.05) is 55.5 Å². The molecule has 1 heterocycles. The third-order valence-electron chi connectivity index (χ3n) is 4.68. The molecule has 1 aliphatic rings. The molecule has 2 atom stereocenters. The first-order chi connectivity index (χ1) is 12.1. The first-order valence-corrected chi connectivity index (χ1v) is 8.72. The normalized spacial score (nSPS) is 19.7. The fourth-order valence-electron chi connectivity index (χ4n) is 3.52. The molecule has 0 aliphatic carbocycles. The average Bonchev–Trinajstić information content (AvgIpc) is 3.04. The number of esters is 1. The summed E-state index contributed by atoms with van der Waals surface area (Å²) >= 11 is 0. The Morgan fingerprint density at radius 2 is 1.76 bits per heavy atom. The van der Waals surface area contributed by atoms with Crippen molar-refractivity contribution in [1.29, 1.82) is 0 Å². The molecule has 4 nitrogen and oxygen atoms in total. The predicted octanol–water partition coefficient (Wildman–Crippen LogP) is 3.91. The molecule has 3 rings (SSSR count). The summed E-state index contributed by atoms with van der Waals surface area (Å²) in [7, 11) is 0. The molecule has 0 spiro atoms. The van der Waals surface area contributed by atoms with Crippen LogP contribution in [0, 0.1) is 0 Å². The molecule has 0 radical (unpaired) electrons. The number of benzene rings is 2. The van der Waals surface area contributed by atoms with Gasteiger partial charge in [0, 0.05) is 24.9 Å². The predicted molar refractivity (Wildman–Crippen MR) is 97.2 cm³/mol. The van der Waals surface area contributed by atoms with Gasteiger partial charge in [-0.2, -0.15) is 0 Å². The van der Waals surface area contributed by atoms with E-state index in [4.69, 9.17) is 4.74 Å². The number of hydrogen-bond donors (Lipinski definition) is 0. The first kappa shape index (κ1) is 17.2. The second-order valence-electron chi connectivity index (χ2n) is 6.40. The number of rotatable bonds is 4. The topological polar surface area (TPSA) is 46.6 Å². The molecule has 0 N–H and O–H groups in total. The quantitative estimate of drug-likeness (QED) is 0.795. The zero-order chi connectivity index (χ0) is 17.8. The summed E-state index contributed by atoms with van der Waals surface area (Å²) in [5, 5.41) is 0. The molecule has 25 heavy (non-hydrogen) atoms. The van der Waals surface area contributed by atoms with Crippen molar-refractivity contribution in [1.82, 2.24) is 4.90 Å². The van der Waals surface area contributed by atoms with Gasteiger partial charge in [-0.25, -0.2) is 0 Å². The van der Waals surface area contributed by atoms with Gasteiger partial charge >= 0.3 is 5.97 Å². The maximum absolute atomic E-state index is 13.2. The summed E-state index contributed by atoms with van der Waals surface area (Å²) in [5.41, 5.74) is 2.64. The van der Waals surface area contributed by atoms with Gasteiger partial charge in [0.2, 0.25) is 0 Å². The van der Waals surface area contributed by atoms with E-state index < -0.39 is 0 Å². The van der Waals surface area contributed by atoms with Crippen molar-refractivity contribution in [3.05, 3.63) is 60.2 Å². The van der Waals surface area contributed by atoms with Crippen LogP contribution >= 0.6 is 0 Å². The van der Waals surface area contributed by atoms with Crippen molar-refractivity contribution >= 4 is 11.9 Å². The molecule has 0 saturated carbocycles. The second-order valence-corrected chi connectivity index (χ2v) is 6.40. The van der Waals surface area contributed by atoms with E-state index >= 15 is 0 Å².